The zero-order valence-electron chi connectivity index (χ0n) is 7.05. The maximum Gasteiger partial charge on any atom is 0.350 e. The molecule has 0 saturated heterocycles. The standard InChI is InChI=1S/C6H7N3O4/c1-4(10)13-6-5(9(11)12)3-8(2)7-6/h3H,1-2H3. The maximum atomic E-state index is 10.5. The Morgan fingerprint density at radius 1 is 1.77 bits per heavy atom. The summed E-state index contributed by atoms with van der Waals surface area (Å²) in [5.41, 5.74) is -0.322. The van der Waals surface area contributed by atoms with Crippen LogP contribution in [0.25, 0.3) is 0 Å². The second-order valence-corrected chi connectivity index (χ2v) is 2.34. The van der Waals surface area contributed by atoms with Crippen LogP contribution in [0.3, 0.4) is 0 Å². The maximum absolute atomic E-state index is 10.5. The van der Waals surface area contributed by atoms with Crippen molar-refractivity contribution >= 4 is 11.7 Å². The van der Waals surface area contributed by atoms with Crippen LogP contribution in [0.15, 0.2) is 6.20 Å². The number of aromatic nitrogens is 2. The van der Waals surface area contributed by atoms with Crippen LogP contribution in [0.4, 0.5) is 5.69 Å². The fourth-order valence-corrected chi connectivity index (χ4v) is 0.790. The Hall–Kier alpha value is -1.92. The summed E-state index contributed by atoms with van der Waals surface area (Å²) in [6, 6.07) is 0. The predicted octanol–water partition coefficient (Wildman–Crippen LogP) is 0.254. The molecule has 0 bridgehead atoms. The van der Waals surface area contributed by atoms with E-state index in [-0.39, 0.29) is 11.6 Å². The molecule has 7 heteroatoms. The first-order valence-electron chi connectivity index (χ1n) is 3.37. The Morgan fingerprint density at radius 2 is 2.38 bits per heavy atom. The van der Waals surface area contributed by atoms with Gasteiger partial charge >= 0.3 is 17.5 Å². The normalized spacial score (nSPS) is 9.69. The average molecular weight is 185 g/mol. The lowest BCUT2D eigenvalue weighted by atomic mass is 10.5. The molecule has 1 aromatic rings. The summed E-state index contributed by atoms with van der Waals surface area (Å²) in [6.45, 7) is 1.15. The summed E-state index contributed by atoms with van der Waals surface area (Å²) in [7, 11) is 1.50. The van der Waals surface area contributed by atoms with Crippen LogP contribution in [-0.2, 0) is 11.8 Å². The van der Waals surface area contributed by atoms with Crippen LogP contribution in [0.5, 0.6) is 5.88 Å². The second kappa shape index (κ2) is 3.21. The SMILES string of the molecule is CC(=O)Oc1nn(C)cc1[N+](=O)[O-]. The first kappa shape index (κ1) is 9.17. The Balaban J connectivity index is 3.04. The van der Waals surface area contributed by atoms with Crippen LogP contribution in [0, 0.1) is 10.1 Å². The van der Waals surface area contributed by atoms with Gasteiger partial charge in [0.05, 0.1) is 4.92 Å². The third-order valence-corrected chi connectivity index (χ3v) is 1.21. The minimum atomic E-state index is -0.661. The van der Waals surface area contributed by atoms with E-state index in [0.29, 0.717) is 0 Å². The van der Waals surface area contributed by atoms with Gasteiger partial charge in [0.25, 0.3) is 0 Å². The molecule has 0 saturated carbocycles. The van der Waals surface area contributed by atoms with Crippen molar-refractivity contribution in [2.45, 2.75) is 6.92 Å². The number of nitro groups is 1. The van der Waals surface area contributed by atoms with E-state index in [2.05, 4.69) is 9.84 Å². The van der Waals surface area contributed by atoms with Crippen molar-refractivity contribution in [1.29, 1.82) is 0 Å². The molecule has 13 heavy (non-hydrogen) atoms. The molecule has 1 heterocycles. The number of aryl methyl sites for hydroxylation is 1. The van der Waals surface area contributed by atoms with Crippen LogP contribution in [0.1, 0.15) is 6.92 Å². The van der Waals surface area contributed by atoms with E-state index in [1.807, 2.05) is 0 Å². The first-order chi connectivity index (χ1) is 6.00. The number of hydrogen-bond acceptors (Lipinski definition) is 5. The fourth-order valence-electron chi connectivity index (χ4n) is 0.790. The molecule has 0 N–H and O–H groups in total. The van der Waals surface area contributed by atoms with Gasteiger partial charge in [0.15, 0.2) is 0 Å². The smallest absolute Gasteiger partial charge is 0.350 e. The lowest BCUT2D eigenvalue weighted by molar-refractivity contribution is -0.385. The number of rotatable bonds is 2. The van der Waals surface area contributed by atoms with Gasteiger partial charge in [0.2, 0.25) is 0 Å². The van der Waals surface area contributed by atoms with Gasteiger partial charge in [-0.15, -0.1) is 5.10 Å². The van der Waals surface area contributed by atoms with Gasteiger partial charge in [-0.05, 0) is 0 Å². The van der Waals surface area contributed by atoms with Crippen LogP contribution in [0.2, 0.25) is 0 Å². The zero-order valence-corrected chi connectivity index (χ0v) is 7.05. The summed E-state index contributed by atoms with van der Waals surface area (Å²) in [5.74, 6) is -0.915. The minimum Gasteiger partial charge on any atom is -0.400 e. The van der Waals surface area contributed by atoms with Crippen molar-refractivity contribution in [2.24, 2.45) is 7.05 Å². The largest absolute Gasteiger partial charge is 0.400 e. The molecule has 70 valence electrons. The molecule has 0 spiro atoms. The topological polar surface area (TPSA) is 87.3 Å². The van der Waals surface area contributed by atoms with Gasteiger partial charge in [0, 0.05) is 14.0 Å². The molecule has 0 fully saturated rings. The molecule has 0 amide bonds. The number of ether oxygens (including phenoxy) is 1. The highest BCUT2D eigenvalue weighted by Crippen LogP contribution is 2.23. The van der Waals surface area contributed by atoms with Gasteiger partial charge < -0.3 is 4.74 Å². The second-order valence-electron chi connectivity index (χ2n) is 2.34. The van der Waals surface area contributed by atoms with E-state index in [1.54, 1.807) is 0 Å². The lowest BCUT2D eigenvalue weighted by Crippen LogP contribution is -2.03. The van der Waals surface area contributed by atoms with Crippen molar-refractivity contribution in [1.82, 2.24) is 9.78 Å². The van der Waals surface area contributed by atoms with Gasteiger partial charge in [-0.1, -0.05) is 0 Å². The van der Waals surface area contributed by atoms with Crippen molar-refractivity contribution in [3.05, 3.63) is 16.3 Å². The van der Waals surface area contributed by atoms with Crippen molar-refractivity contribution in [2.75, 3.05) is 0 Å². The molecule has 0 aliphatic heterocycles. The van der Waals surface area contributed by atoms with E-state index in [0.717, 1.165) is 13.1 Å². The summed E-state index contributed by atoms with van der Waals surface area (Å²) < 4.78 is 5.72. The third-order valence-electron chi connectivity index (χ3n) is 1.21. The van der Waals surface area contributed by atoms with Crippen molar-refractivity contribution in [3.63, 3.8) is 0 Å². The molecule has 1 aromatic heterocycles. The van der Waals surface area contributed by atoms with Gasteiger partial charge in [-0.25, -0.2) is 0 Å². The van der Waals surface area contributed by atoms with Gasteiger partial charge in [-0.3, -0.25) is 19.6 Å². The number of carbonyl (C=O) groups is 1. The summed E-state index contributed by atoms with van der Waals surface area (Å²) >= 11 is 0. The highest BCUT2D eigenvalue weighted by Gasteiger charge is 2.21. The number of hydrogen-bond donors (Lipinski definition) is 0. The van der Waals surface area contributed by atoms with Crippen LogP contribution in [-0.4, -0.2) is 20.7 Å². The number of nitrogens with zero attached hydrogens (tertiary/aromatic N) is 3. The van der Waals surface area contributed by atoms with Crippen LogP contribution >= 0.6 is 0 Å². The highest BCUT2D eigenvalue weighted by molar-refractivity contribution is 5.70. The van der Waals surface area contributed by atoms with E-state index < -0.39 is 10.9 Å². The van der Waals surface area contributed by atoms with Gasteiger partial charge in [0.1, 0.15) is 6.20 Å². The quantitative estimate of drug-likeness (QED) is 0.374. The Kier molecular flexibility index (Phi) is 2.27. The molecule has 0 aliphatic rings. The molecule has 0 aromatic carbocycles. The van der Waals surface area contributed by atoms with Gasteiger partial charge in [-0.2, -0.15) is 0 Å². The number of esters is 1. The Bertz CT molecular complexity index is 357. The van der Waals surface area contributed by atoms with Crippen molar-refractivity contribution in [3.8, 4) is 5.88 Å². The highest BCUT2D eigenvalue weighted by atomic mass is 16.6. The van der Waals surface area contributed by atoms with E-state index in [4.69, 9.17) is 0 Å². The Labute approximate surface area is 73.1 Å². The van der Waals surface area contributed by atoms with Crippen LogP contribution < -0.4 is 4.74 Å². The molecule has 1 rings (SSSR count). The minimum absolute atomic E-state index is 0.278. The van der Waals surface area contributed by atoms with E-state index in [1.165, 1.54) is 11.7 Å². The molecule has 0 atom stereocenters. The van der Waals surface area contributed by atoms with Crippen molar-refractivity contribution < 1.29 is 14.5 Å². The Morgan fingerprint density at radius 3 is 2.85 bits per heavy atom. The molecule has 7 nitrogen and oxygen atoms in total. The summed E-state index contributed by atoms with van der Waals surface area (Å²) in [5, 5.41) is 14.0. The monoisotopic (exact) mass is 185 g/mol. The fraction of sp³-hybridized carbons (Fsp3) is 0.333. The van der Waals surface area contributed by atoms with E-state index in [9.17, 15) is 14.9 Å². The third kappa shape index (κ3) is 2.01. The molecule has 0 aliphatic carbocycles. The molecule has 0 radical (unpaired) electrons. The predicted molar refractivity (Wildman–Crippen MR) is 41.2 cm³/mol. The molecular formula is C6H7N3O4. The summed E-state index contributed by atoms with van der Waals surface area (Å²) in [6.07, 6.45) is 1.16. The number of carbonyl (C=O) groups excluding carboxylic acids is 1. The zero-order chi connectivity index (χ0) is 10.0. The summed E-state index contributed by atoms with van der Waals surface area (Å²) in [4.78, 5) is 20.2. The molecular weight excluding hydrogens is 178 g/mol. The first-order valence-corrected chi connectivity index (χ1v) is 3.37. The van der Waals surface area contributed by atoms with E-state index >= 15 is 0 Å². The average Bonchev–Trinajstić information content (AvgIpc) is 2.29. The molecule has 0 unspecified atom stereocenters. The lowest BCUT2D eigenvalue weighted by Gasteiger charge is -1.93.